The Morgan fingerprint density at radius 2 is 1.76 bits per heavy atom. The quantitative estimate of drug-likeness (QED) is 0.682. The van der Waals surface area contributed by atoms with Gasteiger partial charge in [0.25, 0.3) is 5.91 Å². The molecule has 2 aromatic carbocycles. The number of hydrogen-bond acceptors (Lipinski definition) is 2. The highest BCUT2D eigenvalue weighted by Crippen LogP contribution is 2.27. The molecule has 0 heterocycles. The van der Waals surface area contributed by atoms with Gasteiger partial charge in [0, 0.05) is 5.02 Å². The molecule has 5 heteroatoms. The SMILES string of the molecule is CCC(Oc1ccc(C(C)(C)C)cc1)C(=O)Nc1cc(Cl)ccc1Cl. The molecule has 2 aromatic rings. The van der Waals surface area contributed by atoms with E-state index in [-0.39, 0.29) is 11.3 Å². The summed E-state index contributed by atoms with van der Waals surface area (Å²) < 4.78 is 5.85. The van der Waals surface area contributed by atoms with Crippen LogP contribution in [0.15, 0.2) is 42.5 Å². The Morgan fingerprint density at radius 3 is 2.32 bits per heavy atom. The van der Waals surface area contributed by atoms with E-state index in [1.54, 1.807) is 18.2 Å². The molecule has 1 atom stereocenters. The summed E-state index contributed by atoms with van der Waals surface area (Å²) in [6, 6.07) is 12.8. The summed E-state index contributed by atoms with van der Waals surface area (Å²) in [7, 11) is 0. The van der Waals surface area contributed by atoms with Gasteiger partial charge in [0.1, 0.15) is 5.75 Å². The lowest BCUT2D eigenvalue weighted by Crippen LogP contribution is -2.32. The minimum atomic E-state index is -0.615. The average Bonchev–Trinajstić information content (AvgIpc) is 2.55. The number of benzene rings is 2. The summed E-state index contributed by atoms with van der Waals surface area (Å²) in [6.07, 6.45) is -0.0825. The molecule has 0 bridgehead atoms. The maximum Gasteiger partial charge on any atom is 0.265 e. The van der Waals surface area contributed by atoms with Gasteiger partial charge in [-0.1, -0.05) is 63.0 Å². The fourth-order valence-corrected chi connectivity index (χ4v) is 2.66. The first-order valence-electron chi connectivity index (χ1n) is 8.24. The van der Waals surface area contributed by atoms with E-state index in [1.165, 1.54) is 5.56 Å². The van der Waals surface area contributed by atoms with Gasteiger partial charge in [-0.25, -0.2) is 0 Å². The van der Waals surface area contributed by atoms with Crippen molar-refractivity contribution in [2.24, 2.45) is 0 Å². The van der Waals surface area contributed by atoms with Crippen molar-refractivity contribution in [1.29, 1.82) is 0 Å². The van der Waals surface area contributed by atoms with Gasteiger partial charge in [-0.3, -0.25) is 4.79 Å². The van der Waals surface area contributed by atoms with Gasteiger partial charge in [-0.2, -0.15) is 0 Å². The summed E-state index contributed by atoms with van der Waals surface area (Å²) in [5.41, 5.74) is 1.76. The molecular weight excluding hydrogens is 357 g/mol. The Balaban J connectivity index is 2.08. The molecule has 0 saturated carbocycles. The highest BCUT2D eigenvalue weighted by molar-refractivity contribution is 6.35. The molecule has 1 unspecified atom stereocenters. The fraction of sp³-hybridized carbons (Fsp3) is 0.350. The Labute approximate surface area is 159 Å². The van der Waals surface area contributed by atoms with Crippen molar-refractivity contribution >= 4 is 34.8 Å². The van der Waals surface area contributed by atoms with E-state index in [1.807, 2.05) is 31.2 Å². The molecule has 1 amide bonds. The van der Waals surface area contributed by atoms with Gasteiger partial charge in [-0.05, 0) is 47.7 Å². The summed E-state index contributed by atoms with van der Waals surface area (Å²) in [4.78, 5) is 12.5. The molecule has 25 heavy (non-hydrogen) atoms. The van der Waals surface area contributed by atoms with E-state index in [4.69, 9.17) is 27.9 Å². The zero-order valence-electron chi connectivity index (χ0n) is 14.9. The van der Waals surface area contributed by atoms with Gasteiger partial charge in [0.15, 0.2) is 6.10 Å². The smallest absolute Gasteiger partial charge is 0.265 e. The van der Waals surface area contributed by atoms with Crippen molar-refractivity contribution in [1.82, 2.24) is 0 Å². The molecule has 0 aliphatic rings. The number of ether oxygens (including phenoxy) is 1. The Hall–Kier alpha value is -1.71. The number of rotatable bonds is 5. The van der Waals surface area contributed by atoms with Gasteiger partial charge in [0.05, 0.1) is 10.7 Å². The second kappa shape index (κ2) is 8.11. The van der Waals surface area contributed by atoms with Crippen LogP contribution >= 0.6 is 23.2 Å². The molecule has 0 radical (unpaired) electrons. The van der Waals surface area contributed by atoms with Gasteiger partial charge < -0.3 is 10.1 Å². The first-order chi connectivity index (χ1) is 11.7. The number of halogens is 2. The highest BCUT2D eigenvalue weighted by atomic mass is 35.5. The largest absolute Gasteiger partial charge is 0.481 e. The number of carbonyl (C=O) groups is 1. The lowest BCUT2D eigenvalue weighted by molar-refractivity contribution is -0.122. The van der Waals surface area contributed by atoms with Gasteiger partial charge >= 0.3 is 0 Å². The van der Waals surface area contributed by atoms with E-state index in [2.05, 4.69) is 26.1 Å². The van der Waals surface area contributed by atoms with Crippen LogP contribution in [0, 0.1) is 0 Å². The number of carbonyl (C=O) groups excluding carboxylic acids is 1. The van der Waals surface area contributed by atoms with E-state index in [0.717, 1.165) is 0 Å². The van der Waals surface area contributed by atoms with Crippen LogP contribution in [0.3, 0.4) is 0 Å². The molecule has 1 N–H and O–H groups in total. The second-order valence-corrected chi connectivity index (χ2v) is 7.75. The van der Waals surface area contributed by atoms with Crippen molar-refractivity contribution in [3.05, 3.63) is 58.1 Å². The van der Waals surface area contributed by atoms with Crippen LogP contribution in [0.5, 0.6) is 5.75 Å². The minimum Gasteiger partial charge on any atom is -0.481 e. The Bertz CT molecular complexity index is 736. The van der Waals surface area contributed by atoms with Crippen LogP contribution in [0.25, 0.3) is 0 Å². The maximum absolute atomic E-state index is 12.5. The zero-order chi connectivity index (χ0) is 18.6. The first kappa shape index (κ1) is 19.6. The molecule has 134 valence electrons. The van der Waals surface area contributed by atoms with Crippen molar-refractivity contribution in [3.63, 3.8) is 0 Å². The lowest BCUT2D eigenvalue weighted by atomic mass is 9.87. The monoisotopic (exact) mass is 379 g/mol. The molecule has 0 saturated heterocycles. The van der Waals surface area contributed by atoms with Crippen LogP contribution in [0.1, 0.15) is 39.7 Å². The molecule has 3 nitrogen and oxygen atoms in total. The number of anilines is 1. The first-order valence-corrected chi connectivity index (χ1v) is 8.99. The molecule has 0 aromatic heterocycles. The molecule has 2 rings (SSSR count). The summed E-state index contributed by atoms with van der Waals surface area (Å²) >= 11 is 12.0. The van der Waals surface area contributed by atoms with E-state index >= 15 is 0 Å². The average molecular weight is 380 g/mol. The van der Waals surface area contributed by atoms with Crippen molar-refractivity contribution in [2.75, 3.05) is 5.32 Å². The second-order valence-electron chi connectivity index (χ2n) is 6.90. The van der Waals surface area contributed by atoms with Crippen LogP contribution in [0.2, 0.25) is 10.0 Å². The third kappa shape index (κ3) is 5.38. The summed E-state index contributed by atoms with van der Waals surface area (Å²) in [6.45, 7) is 8.35. The van der Waals surface area contributed by atoms with E-state index < -0.39 is 6.10 Å². The molecular formula is C20H23Cl2NO2. The van der Waals surface area contributed by atoms with Crippen molar-refractivity contribution in [3.8, 4) is 5.75 Å². The lowest BCUT2D eigenvalue weighted by Gasteiger charge is -2.21. The fourth-order valence-electron chi connectivity index (χ4n) is 2.33. The van der Waals surface area contributed by atoms with E-state index in [9.17, 15) is 4.79 Å². The summed E-state index contributed by atoms with van der Waals surface area (Å²) in [5, 5.41) is 3.72. The van der Waals surface area contributed by atoms with Crippen molar-refractivity contribution < 1.29 is 9.53 Å². The van der Waals surface area contributed by atoms with Crippen molar-refractivity contribution in [2.45, 2.75) is 45.6 Å². The zero-order valence-corrected chi connectivity index (χ0v) is 16.4. The molecule has 0 spiro atoms. The van der Waals surface area contributed by atoms with Gasteiger partial charge in [-0.15, -0.1) is 0 Å². The standard InChI is InChI=1S/C20H23Cl2NO2/c1-5-18(19(24)23-17-12-14(21)8-11-16(17)22)25-15-9-6-13(7-10-15)20(2,3)4/h6-12,18H,5H2,1-4H3,(H,23,24). The third-order valence-electron chi connectivity index (χ3n) is 3.85. The number of hydrogen-bond donors (Lipinski definition) is 1. The maximum atomic E-state index is 12.5. The number of nitrogens with one attached hydrogen (secondary N) is 1. The minimum absolute atomic E-state index is 0.0728. The van der Waals surface area contributed by atoms with Crippen LogP contribution < -0.4 is 10.1 Å². The number of amides is 1. The molecule has 0 aliphatic carbocycles. The predicted octanol–water partition coefficient (Wildman–Crippen LogP) is 6.09. The van der Waals surface area contributed by atoms with Gasteiger partial charge in [0.2, 0.25) is 0 Å². The highest BCUT2D eigenvalue weighted by Gasteiger charge is 2.20. The van der Waals surface area contributed by atoms with E-state index in [0.29, 0.717) is 27.9 Å². The Morgan fingerprint density at radius 1 is 1.12 bits per heavy atom. The Kier molecular flexibility index (Phi) is 6.36. The molecule has 0 aliphatic heterocycles. The normalized spacial score (nSPS) is 12.6. The molecule has 0 fully saturated rings. The van der Waals surface area contributed by atoms with Crippen LogP contribution in [0.4, 0.5) is 5.69 Å². The predicted molar refractivity (Wildman–Crippen MR) is 105 cm³/mol. The summed E-state index contributed by atoms with van der Waals surface area (Å²) in [5.74, 6) is 0.402. The third-order valence-corrected chi connectivity index (χ3v) is 4.41. The topological polar surface area (TPSA) is 38.3 Å². The van der Waals surface area contributed by atoms with Crippen LogP contribution in [-0.2, 0) is 10.2 Å². The van der Waals surface area contributed by atoms with Crippen LogP contribution in [-0.4, -0.2) is 12.0 Å².